The van der Waals surface area contributed by atoms with E-state index < -0.39 is 0 Å². The van der Waals surface area contributed by atoms with Crippen molar-refractivity contribution < 1.29 is 9.53 Å². The lowest BCUT2D eigenvalue weighted by Crippen LogP contribution is -2.48. The number of carbonyl (C=O) groups is 1. The monoisotopic (exact) mass is 533 g/mol. The van der Waals surface area contributed by atoms with Gasteiger partial charge < -0.3 is 20.3 Å². The van der Waals surface area contributed by atoms with Crippen molar-refractivity contribution in [1.29, 1.82) is 0 Å². The summed E-state index contributed by atoms with van der Waals surface area (Å²) in [7, 11) is 5.16. The van der Waals surface area contributed by atoms with Crippen molar-refractivity contribution in [3.63, 3.8) is 0 Å². The van der Waals surface area contributed by atoms with Gasteiger partial charge in [0.15, 0.2) is 11.8 Å². The highest BCUT2D eigenvalue weighted by molar-refractivity contribution is 14.0. The summed E-state index contributed by atoms with van der Waals surface area (Å²) < 4.78 is 7.10. The van der Waals surface area contributed by atoms with Crippen LogP contribution in [-0.4, -0.2) is 71.9 Å². The number of fused-ring (bicyclic) bond motifs is 1. The number of carbonyl (C=O) groups excluding carboxylic acids is 1. The van der Waals surface area contributed by atoms with Crippen molar-refractivity contribution in [2.24, 2.45) is 10.9 Å². The molecule has 1 fully saturated rings. The number of hydrogen-bond acceptors (Lipinski definition) is 5. The Bertz CT molecular complexity index is 701. The number of aromatic nitrogens is 3. The van der Waals surface area contributed by atoms with Crippen LogP contribution in [0, 0.1) is 5.92 Å². The number of methoxy groups -OCH3 is 1. The van der Waals surface area contributed by atoms with E-state index in [-0.39, 0.29) is 42.5 Å². The van der Waals surface area contributed by atoms with Crippen LogP contribution in [0.1, 0.15) is 50.2 Å². The fraction of sp³-hybridized carbons (Fsp3) is 0.800. The van der Waals surface area contributed by atoms with Crippen LogP contribution in [-0.2, 0) is 29.1 Å². The maximum absolute atomic E-state index is 12.0. The second kappa shape index (κ2) is 12.4. The summed E-state index contributed by atoms with van der Waals surface area (Å²) in [5.41, 5.74) is 0. The van der Waals surface area contributed by atoms with Gasteiger partial charge >= 0.3 is 0 Å². The van der Waals surface area contributed by atoms with Crippen LogP contribution in [0.15, 0.2) is 4.99 Å². The predicted molar refractivity (Wildman–Crippen MR) is 127 cm³/mol. The minimum absolute atomic E-state index is 0. The third-order valence-electron chi connectivity index (χ3n) is 5.67. The molecular formula is C20H36IN7O2. The number of aliphatic imine (C=N–C) groups is 1. The quantitative estimate of drug-likeness (QED) is 0.314. The Morgan fingerprint density at radius 3 is 2.73 bits per heavy atom. The molecule has 9 nitrogen and oxygen atoms in total. The van der Waals surface area contributed by atoms with Gasteiger partial charge in [-0.2, -0.15) is 5.10 Å². The molecule has 30 heavy (non-hydrogen) atoms. The molecule has 1 amide bonds. The smallest absolute Gasteiger partial charge is 0.243 e. The first-order valence-electron chi connectivity index (χ1n) is 10.7. The van der Waals surface area contributed by atoms with Gasteiger partial charge in [0.2, 0.25) is 5.91 Å². The van der Waals surface area contributed by atoms with Crippen LogP contribution >= 0.6 is 24.0 Å². The molecule has 2 heterocycles. The SMILES string of the molecule is COCc1nc2n(n1)CC(NC(=NCC(=O)N(C)C)NCC1CCCCC1)CC2.I. The van der Waals surface area contributed by atoms with Gasteiger partial charge in [0.25, 0.3) is 0 Å². The molecule has 2 aliphatic rings. The lowest BCUT2D eigenvalue weighted by Gasteiger charge is -2.27. The fourth-order valence-electron chi connectivity index (χ4n) is 3.93. The summed E-state index contributed by atoms with van der Waals surface area (Å²) in [6, 6.07) is 0.201. The number of nitrogens with one attached hydrogen (secondary N) is 2. The molecule has 0 saturated heterocycles. The van der Waals surface area contributed by atoms with Crippen molar-refractivity contribution in [2.45, 2.75) is 64.1 Å². The van der Waals surface area contributed by atoms with Crippen molar-refractivity contribution in [1.82, 2.24) is 30.3 Å². The molecule has 1 saturated carbocycles. The number of amides is 1. The zero-order chi connectivity index (χ0) is 20.6. The van der Waals surface area contributed by atoms with Gasteiger partial charge in [0, 0.05) is 40.2 Å². The van der Waals surface area contributed by atoms with E-state index >= 15 is 0 Å². The average molecular weight is 533 g/mol. The number of aryl methyl sites for hydroxylation is 1. The summed E-state index contributed by atoms with van der Waals surface area (Å²) in [4.78, 5) is 22.7. The fourth-order valence-corrected chi connectivity index (χ4v) is 3.93. The number of rotatable bonds is 7. The van der Waals surface area contributed by atoms with Crippen molar-refractivity contribution >= 4 is 35.8 Å². The van der Waals surface area contributed by atoms with E-state index in [1.165, 1.54) is 32.1 Å². The summed E-state index contributed by atoms with van der Waals surface area (Å²) >= 11 is 0. The molecular weight excluding hydrogens is 497 g/mol. The lowest BCUT2D eigenvalue weighted by atomic mass is 9.89. The van der Waals surface area contributed by atoms with Gasteiger partial charge in [0.05, 0.1) is 6.54 Å². The predicted octanol–water partition coefficient (Wildman–Crippen LogP) is 1.56. The first-order chi connectivity index (χ1) is 14.0. The Kier molecular flexibility index (Phi) is 10.3. The topological polar surface area (TPSA) is 96.7 Å². The minimum atomic E-state index is -0.00446. The number of ether oxygens (including phenoxy) is 1. The van der Waals surface area contributed by atoms with E-state index in [2.05, 4.69) is 25.7 Å². The third kappa shape index (κ3) is 7.36. The van der Waals surface area contributed by atoms with E-state index in [1.807, 2.05) is 4.68 Å². The number of halogens is 1. The normalized spacial score (nSPS) is 19.6. The Morgan fingerprint density at radius 1 is 1.27 bits per heavy atom. The van der Waals surface area contributed by atoms with E-state index in [0.29, 0.717) is 12.5 Å². The summed E-state index contributed by atoms with van der Waals surface area (Å²) in [6.45, 7) is 2.21. The highest BCUT2D eigenvalue weighted by atomic mass is 127. The second-order valence-corrected chi connectivity index (χ2v) is 8.28. The molecule has 1 unspecified atom stereocenters. The van der Waals surface area contributed by atoms with Gasteiger partial charge in [-0.15, -0.1) is 24.0 Å². The molecule has 1 aliphatic carbocycles. The van der Waals surface area contributed by atoms with E-state index in [0.717, 1.165) is 43.5 Å². The molecule has 2 N–H and O–H groups in total. The standard InChI is InChI=1S/C20H35N7O2.HI/c1-26(2)19(28)12-22-20(21-11-15-7-5-4-6-8-15)23-16-9-10-18-24-17(14-29-3)25-27(18)13-16;/h15-16H,4-14H2,1-3H3,(H2,21,22,23);1H. The highest BCUT2D eigenvalue weighted by Crippen LogP contribution is 2.22. The molecule has 1 aliphatic heterocycles. The van der Waals surface area contributed by atoms with E-state index in [4.69, 9.17) is 4.74 Å². The molecule has 3 rings (SSSR count). The van der Waals surface area contributed by atoms with E-state index in [1.54, 1.807) is 26.1 Å². The number of hydrogen-bond donors (Lipinski definition) is 2. The molecule has 1 aromatic heterocycles. The minimum Gasteiger partial charge on any atom is -0.377 e. The van der Waals surface area contributed by atoms with Crippen LogP contribution in [0.3, 0.4) is 0 Å². The molecule has 0 spiro atoms. The van der Waals surface area contributed by atoms with Crippen LogP contribution in [0.2, 0.25) is 0 Å². The molecule has 1 atom stereocenters. The van der Waals surface area contributed by atoms with Crippen LogP contribution in [0.5, 0.6) is 0 Å². The van der Waals surface area contributed by atoms with Gasteiger partial charge in [0.1, 0.15) is 19.0 Å². The first kappa shape index (κ1) is 24.8. The largest absolute Gasteiger partial charge is 0.377 e. The van der Waals surface area contributed by atoms with Crippen molar-refractivity contribution in [3.05, 3.63) is 11.6 Å². The molecule has 170 valence electrons. The molecule has 10 heteroatoms. The van der Waals surface area contributed by atoms with Gasteiger partial charge in [-0.1, -0.05) is 19.3 Å². The van der Waals surface area contributed by atoms with Crippen molar-refractivity contribution in [2.75, 3.05) is 34.3 Å². The van der Waals surface area contributed by atoms with E-state index in [9.17, 15) is 4.79 Å². The molecule has 0 aromatic carbocycles. The lowest BCUT2D eigenvalue weighted by molar-refractivity contribution is -0.127. The summed E-state index contributed by atoms with van der Waals surface area (Å²) in [5, 5.41) is 11.5. The number of nitrogens with zero attached hydrogens (tertiary/aromatic N) is 5. The van der Waals surface area contributed by atoms with Crippen molar-refractivity contribution in [3.8, 4) is 0 Å². The average Bonchev–Trinajstić information content (AvgIpc) is 3.12. The first-order valence-corrected chi connectivity index (χ1v) is 10.7. The Labute approximate surface area is 196 Å². The third-order valence-corrected chi connectivity index (χ3v) is 5.67. The zero-order valence-corrected chi connectivity index (χ0v) is 20.7. The number of likely N-dealkylation sites (N-methyl/N-ethyl adjacent to an activating group) is 1. The Balaban J connectivity index is 0.00000320. The van der Waals surface area contributed by atoms with Crippen LogP contribution in [0.4, 0.5) is 0 Å². The van der Waals surface area contributed by atoms with Crippen LogP contribution < -0.4 is 10.6 Å². The second-order valence-electron chi connectivity index (χ2n) is 8.28. The highest BCUT2D eigenvalue weighted by Gasteiger charge is 2.23. The Morgan fingerprint density at radius 2 is 2.03 bits per heavy atom. The summed E-state index contributed by atoms with van der Waals surface area (Å²) in [5.74, 6) is 3.13. The Hall–Kier alpha value is -1.43. The maximum Gasteiger partial charge on any atom is 0.243 e. The zero-order valence-electron chi connectivity index (χ0n) is 18.4. The molecule has 0 radical (unpaired) electrons. The number of guanidine groups is 1. The maximum atomic E-state index is 12.0. The van der Waals surface area contributed by atoms with Crippen LogP contribution in [0.25, 0.3) is 0 Å². The molecule has 0 bridgehead atoms. The molecule has 1 aromatic rings. The van der Waals surface area contributed by atoms with Gasteiger partial charge in [-0.3, -0.25) is 4.79 Å². The van der Waals surface area contributed by atoms with Gasteiger partial charge in [-0.25, -0.2) is 14.7 Å². The van der Waals surface area contributed by atoms with Gasteiger partial charge in [-0.05, 0) is 25.2 Å². The summed E-state index contributed by atoms with van der Waals surface area (Å²) in [6.07, 6.45) is 8.33.